The second kappa shape index (κ2) is 8.57. The van der Waals surface area contributed by atoms with Crippen molar-refractivity contribution < 1.29 is 23.5 Å². The monoisotopic (exact) mass is 390 g/mol. The first kappa shape index (κ1) is 19.3. The molecule has 3 aliphatic rings. The first-order valence-electron chi connectivity index (χ1n) is 10.2. The maximum Gasteiger partial charge on any atom is 0.253 e. The number of carbonyl (C=O) groups is 2. The molecule has 0 spiro atoms. The average molecular weight is 390 g/mol. The lowest BCUT2D eigenvalue weighted by Crippen LogP contribution is -2.53. The zero-order valence-electron chi connectivity index (χ0n) is 16.0. The van der Waals surface area contributed by atoms with Gasteiger partial charge in [-0.25, -0.2) is 4.39 Å². The molecule has 3 heterocycles. The Balaban J connectivity index is 1.35. The lowest BCUT2D eigenvalue weighted by molar-refractivity contribution is -0.155. The number of ether oxygens (including phenoxy) is 2. The summed E-state index contributed by atoms with van der Waals surface area (Å²) in [5.74, 6) is -0.362. The quantitative estimate of drug-likeness (QED) is 0.796. The number of halogens is 1. The van der Waals surface area contributed by atoms with Crippen LogP contribution in [0.5, 0.6) is 0 Å². The van der Waals surface area contributed by atoms with Crippen molar-refractivity contribution in [3.05, 3.63) is 35.6 Å². The van der Waals surface area contributed by atoms with Crippen LogP contribution in [0.4, 0.5) is 4.39 Å². The molecular formula is C21H27FN2O4. The molecule has 28 heavy (non-hydrogen) atoms. The third-order valence-corrected chi connectivity index (χ3v) is 6.02. The Morgan fingerprint density at radius 1 is 0.929 bits per heavy atom. The summed E-state index contributed by atoms with van der Waals surface area (Å²) >= 11 is 0. The standard InChI is InChI=1S/C21H27FN2O4/c22-17-6-4-15(5-7-17)19(25)23-11-8-16(9-12-23)20(26)24-10-2-1-3-18(24)21-27-13-14-28-21/h4-7,16,18,21H,1-3,8-14H2. The predicted octanol–water partition coefficient (Wildman–Crippen LogP) is 2.43. The van der Waals surface area contributed by atoms with E-state index in [1.54, 1.807) is 4.90 Å². The Bertz CT molecular complexity index is 697. The minimum absolute atomic E-state index is 0.00243. The van der Waals surface area contributed by atoms with Crippen LogP contribution in [-0.4, -0.2) is 66.8 Å². The van der Waals surface area contributed by atoms with Gasteiger partial charge in [-0.05, 0) is 56.4 Å². The molecule has 0 aliphatic carbocycles. The van der Waals surface area contributed by atoms with Gasteiger partial charge in [0.1, 0.15) is 5.82 Å². The fraction of sp³-hybridized carbons (Fsp3) is 0.619. The summed E-state index contributed by atoms with van der Waals surface area (Å²) in [7, 11) is 0. The third kappa shape index (κ3) is 4.05. The molecular weight excluding hydrogens is 363 g/mol. The number of hydrogen-bond acceptors (Lipinski definition) is 4. The van der Waals surface area contributed by atoms with E-state index >= 15 is 0 Å². The highest BCUT2D eigenvalue weighted by atomic mass is 19.1. The summed E-state index contributed by atoms with van der Waals surface area (Å²) < 4.78 is 24.4. The molecule has 1 atom stereocenters. The molecule has 6 nitrogen and oxygen atoms in total. The maximum absolute atomic E-state index is 13.2. The van der Waals surface area contributed by atoms with Gasteiger partial charge in [0, 0.05) is 31.1 Å². The van der Waals surface area contributed by atoms with Crippen LogP contribution in [-0.2, 0) is 14.3 Å². The van der Waals surface area contributed by atoms with Crippen LogP contribution in [0.1, 0.15) is 42.5 Å². The summed E-state index contributed by atoms with van der Waals surface area (Å²) in [5, 5.41) is 0. The summed E-state index contributed by atoms with van der Waals surface area (Å²) in [5.41, 5.74) is 0.484. The molecule has 0 N–H and O–H groups in total. The van der Waals surface area contributed by atoms with Gasteiger partial charge in [-0.1, -0.05) is 0 Å². The third-order valence-electron chi connectivity index (χ3n) is 6.02. The molecule has 4 rings (SSSR count). The Labute approximate surface area is 164 Å². The second-order valence-corrected chi connectivity index (χ2v) is 7.78. The van der Waals surface area contributed by atoms with Crippen molar-refractivity contribution >= 4 is 11.8 Å². The summed E-state index contributed by atoms with van der Waals surface area (Å²) in [6, 6.07) is 5.62. The van der Waals surface area contributed by atoms with E-state index < -0.39 is 0 Å². The number of nitrogens with zero attached hydrogens (tertiary/aromatic N) is 2. The van der Waals surface area contributed by atoms with Gasteiger partial charge in [0.05, 0.1) is 19.3 Å². The van der Waals surface area contributed by atoms with Crippen molar-refractivity contribution in [1.29, 1.82) is 0 Å². The Kier molecular flexibility index (Phi) is 5.92. The molecule has 3 saturated heterocycles. The van der Waals surface area contributed by atoms with E-state index in [0.29, 0.717) is 44.7 Å². The molecule has 152 valence electrons. The fourth-order valence-electron chi connectivity index (χ4n) is 4.45. The molecule has 2 amide bonds. The number of amides is 2. The van der Waals surface area contributed by atoms with Crippen LogP contribution in [0.2, 0.25) is 0 Å². The summed E-state index contributed by atoms with van der Waals surface area (Å²) in [6.07, 6.45) is 4.02. The van der Waals surface area contributed by atoms with Crippen LogP contribution < -0.4 is 0 Å². The molecule has 7 heteroatoms. The van der Waals surface area contributed by atoms with Crippen LogP contribution in [0.3, 0.4) is 0 Å². The lowest BCUT2D eigenvalue weighted by atomic mass is 9.92. The SMILES string of the molecule is O=C(c1ccc(F)cc1)N1CCC(C(=O)N2CCCCC2C2OCCO2)CC1. The number of benzene rings is 1. The molecule has 0 bridgehead atoms. The number of carbonyl (C=O) groups excluding carboxylic acids is 2. The van der Waals surface area contributed by atoms with Crippen LogP contribution in [0.25, 0.3) is 0 Å². The maximum atomic E-state index is 13.2. The second-order valence-electron chi connectivity index (χ2n) is 7.78. The van der Waals surface area contributed by atoms with E-state index in [4.69, 9.17) is 9.47 Å². The smallest absolute Gasteiger partial charge is 0.253 e. The Morgan fingerprint density at radius 2 is 1.61 bits per heavy atom. The number of likely N-dealkylation sites (tertiary alicyclic amines) is 2. The highest BCUT2D eigenvalue weighted by Gasteiger charge is 2.39. The van der Waals surface area contributed by atoms with Gasteiger partial charge in [-0.15, -0.1) is 0 Å². The first-order chi connectivity index (χ1) is 13.6. The molecule has 3 fully saturated rings. The first-order valence-corrected chi connectivity index (χ1v) is 10.2. The fourth-order valence-corrected chi connectivity index (χ4v) is 4.45. The summed E-state index contributed by atoms with van der Waals surface area (Å²) in [4.78, 5) is 29.5. The topological polar surface area (TPSA) is 59.1 Å². The van der Waals surface area contributed by atoms with Crippen molar-refractivity contribution in [2.75, 3.05) is 32.8 Å². The zero-order valence-corrected chi connectivity index (χ0v) is 16.0. The minimum atomic E-state index is -0.354. The molecule has 3 aliphatic heterocycles. The van der Waals surface area contributed by atoms with Crippen molar-refractivity contribution in [3.8, 4) is 0 Å². The van der Waals surface area contributed by atoms with Crippen LogP contribution >= 0.6 is 0 Å². The van der Waals surface area contributed by atoms with Gasteiger partial charge >= 0.3 is 0 Å². The van der Waals surface area contributed by atoms with Crippen molar-refractivity contribution in [3.63, 3.8) is 0 Å². The summed E-state index contributed by atoms with van der Waals surface area (Å²) in [6.45, 7) is 3.02. The Morgan fingerprint density at radius 3 is 2.29 bits per heavy atom. The van der Waals surface area contributed by atoms with E-state index in [2.05, 4.69) is 0 Å². The van der Waals surface area contributed by atoms with Gasteiger partial charge in [-0.3, -0.25) is 9.59 Å². The van der Waals surface area contributed by atoms with Gasteiger partial charge < -0.3 is 19.3 Å². The van der Waals surface area contributed by atoms with Gasteiger partial charge in [-0.2, -0.15) is 0 Å². The number of hydrogen-bond donors (Lipinski definition) is 0. The molecule has 1 aromatic carbocycles. The average Bonchev–Trinajstić information content (AvgIpc) is 3.28. The van der Waals surface area contributed by atoms with Crippen LogP contribution in [0.15, 0.2) is 24.3 Å². The van der Waals surface area contributed by atoms with Crippen molar-refractivity contribution in [1.82, 2.24) is 9.80 Å². The van der Waals surface area contributed by atoms with E-state index in [1.807, 2.05) is 4.90 Å². The molecule has 0 aromatic heterocycles. The van der Waals surface area contributed by atoms with Crippen molar-refractivity contribution in [2.24, 2.45) is 5.92 Å². The van der Waals surface area contributed by atoms with Gasteiger partial charge in [0.25, 0.3) is 5.91 Å². The van der Waals surface area contributed by atoms with E-state index in [9.17, 15) is 14.0 Å². The Hall–Kier alpha value is -1.99. The van der Waals surface area contributed by atoms with E-state index in [1.165, 1.54) is 24.3 Å². The molecule has 1 aromatic rings. The normalized spacial score (nSPS) is 24.5. The number of piperidine rings is 2. The highest BCUT2D eigenvalue weighted by Crippen LogP contribution is 2.29. The highest BCUT2D eigenvalue weighted by molar-refractivity contribution is 5.94. The molecule has 0 radical (unpaired) electrons. The lowest BCUT2D eigenvalue weighted by Gasteiger charge is -2.41. The van der Waals surface area contributed by atoms with Gasteiger partial charge in [0.15, 0.2) is 6.29 Å². The van der Waals surface area contributed by atoms with E-state index in [-0.39, 0.29) is 35.9 Å². The van der Waals surface area contributed by atoms with E-state index in [0.717, 1.165) is 25.8 Å². The molecule has 1 unspecified atom stereocenters. The largest absolute Gasteiger partial charge is 0.348 e. The van der Waals surface area contributed by atoms with Crippen LogP contribution in [0, 0.1) is 11.7 Å². The predicted molar refractivity (Wildman–Crippen MR) is 100 cm³/mol. The number of rotatable bonds is 3. The molecule has 0 saturated carbocycles. The minimum Gasteiger partial charge on any atom is -0.348 e. The van der Waals surface area contributed by atoms with Gasteiger partial charge in [0.2, 0.25) is 5.91 Å². The zero-order chi connectivity index (χ0) is 19.5. The van der Waals surface area contributed by atoms with Crippen molar-refractivity contribution in [2.45, 2.75) is 44.4 Å².